The molecule has 0 atom stereocenters. The van der Waals surface area contributed by atoms with Crippen LogP contribution in [0.5, 0.6) is 5.75 Å². The van der Waals surface area contributed by atoms with E-state index in [1.807, 2.05) is 24.4 Å². The van der Waals surface area contributed by atoms with E-state index in [2.05, 4.69) is 66.7 Å². The molecule has 0 saturated carbocycles. The van der Waals surface area contributed by atoms with Crippen LogP contribution >= 0.6 is 11.6 Å². The molecule has 0 aliphatic heterocycles. The third kappa shape index (κ3) is 4.98. The Morgan fingerprint density at radius 3 is 2.29 bits per heavy atom. The lowest BCUT2D eigenvalue weighted by molar-refractivity contribution is 0.415. The first-order valence-electron chi connectivity index (χ1n) is 10.6. The number of hydrogen-bond acceptors (Lipinski definition) is 2. The van der Waals surface area contributed by atoms with Gasteiger partial charge in [0, 0.05) is 23.0 Å². The van der Waals surface area contributed by atoms with Crippen molar-refractivity contribution in [2.24, 2.45) is 0 Å². The Balaban J connectivity index is 1.94. The van der Waals surface area contributed by atoms with Crippen LogP contribution in [0, 0.1) is 0 Å². The summed E-state index contributed by atoms with van der Waals surface area (Å²) in [5, 5.41) is 1.14. The largest absolute Gasteiger partial charge is 0.497 e. The second kappa shape index (κ2) is 10.3. The minimum Gasteiger partial charge on any atom is -0.497 e. The predicted octanol–water partition coefficient (Wildman–Crippen LogP) is 7.61. The molecule has 0 spiro atoms. The summed E-state index contributed by atoms with van der Waals surface area (Å²) in [6, 6.07) is 29.4. The van der Waals surface area contributed by atoms with Crippen molar-refractivity contribution in [2.45, 2.75) is 19.3 Å². The van der Waals surface area contributed by atoms with Gasteiger partial charge in [0.05, 0.1) is 12.6 Å². The van der Waals surface area contributed by atoms with Gasteiger partial charge in [-0.2, -0.15) is 0 Å². The van der Waals surface area contributed by atoms with Crippen LogP contribution in [0.15, 0.2) is 91.1 Å². The molecule has 0 bridgehead atoms. The van der Waals surface area contributed by atoms with Crippen molar-refractivity contribution in [1.82, 2.24) is 4.98 Å². The topological polar surface area (TPSA) is 22.1 Å². The van der Waals surface area contributed by atoms with Crippen molar-refractivity contribution < 1.29 is 4.74 Å². The summed E-state index contributed by atoms with van der Waals surface area (Å²) in [4.78, 5) is 4.75. The van der Waals surface area contributed by atoms with E-state index in [-0.39, 0.29) is 0 Å². The van der Waals surface area contributed by atoms with Gasteiger partial charge >= 0.3 is 0 Å². The van der Waals surface area contributed by atoms with Gasteiger partial charge < -0.3 is 4.74 Å². The zero-order valence-corrected chi connectivity index (χ0v) is 18.5. The molecule has 2 nitrogen and oxygen atoms in total. The van der Waals surface area contributed by atoms with Crippen molar-refractivity contribution in [2.75, 3.05) is 13.0 Å². The zero-order chi connectivity index (χ0) is 21.5. The van der Waals surface area contributed by atoms with E-state index in [1.54, 1.807) is 7.11 Å². The van der Waals surface area contributed by atoms with Crippen LogP contribution in [0.1, 0.15) is 36.0 Å². The van der Waals surface area contributed by atoms with Gasteiger partial charge in [0.1, 0.15) is 5.75 Å². The minimum absolute atomic E-state index is 0.675. The second-order valence-corrected chi connectivity index (χ2v) is 7.89. The van der Waals surface area contributed by atoms with Crippen LogP contribution in [0.2, 0.25) is 0 Å². The maximum Gasteiger partial charge on any atom is 0.118 e. The van der Waals surface area contributed by atoms with Crippen molar-refractivity contribution in [1.29, 1.82) is 0 Å². The Labute approximate surface area is 189 Å². The fourth-order valence-electron chi connectivity index (χ4n) is 3.93. The summed E-state index contributed by atoms with van der Waals surface area (Å²) in [6.07, 6.45) is 4.95. The highest BCUT2D eigenvalue weighted by Gasteiger charge is 2.15. The smallest absolute Gasteiger partial charge is 0.118 e. The van der Waals surface area contributed by atoms with Gasteiger partial charge in [-0.1, -0.05) is 60.7 Å². The Morgan fingerprint density at radius 2 is 1.55 bits per heavy atom. The number of methoxy groups -OCH3 is 1. The summed E-state index contributed by atoms with van der Waals surface area (Å²) in [5.41, 5.74) is 7.04. The van der Waals surface area contributed by atoms with Gasteiger partial charge in [-0.3, -0.25) is 4.98 Å². The molecule has 0 N–H and O–H groups in total. The molecule has 0 saturated heterocycles. The number of hydrogen-bond donors (Lipinski definition) is 0. The number of unbranched alkanes of at least 4 members (excludes halogenated alkanes) is 1. The highest BCUT2D eigenvalue weighted by atomic mass is 35.5. The molecule has 31 heavy (non-hydrogen) atoms. The molecule has 3 heteroatoms. The number of ether oxygens (including phenoxy) is 1. The van der Waals surface area contributed by atoms with Crippen LogP contribution in [0.4, 0.5) is 0 Å². The van der Waals surface area contributed by atoms with E-state index in [0.717, 1.165) is 41.5 Å². The van der Waals surface area contributed by atoms with E-state index >= 15 is 0 Å². The van der Waals surface area contributed by atoms with Crippen molar-refractivity contribution in [3.8, 4) is 5.75 Å². The summed E-state index contributed by atoms with van der Waals surface area (Å²) < 4.78 is 5.38. The molecule has 3 aromatic carbocycles. The van der Waals surface area contributed by atoms with Gasteiger partial charge in [-0.25, -0.2) is 0 Å². The van der Waals surface area contributed by atoms with Crippen LogP contribution < -0.4 is 4.74 Å². The third-order valence-corrected chi connectivity index (χ3v) is 5.76. The lowest BCUT2D eigenvalue weighted by Crippen LogP contribution is -1.98. The molecule has 0 unspecified atom stereocenters. The SMILES string of the molecule is COc1ccc(C(CCCCCl)=C(c2ccccc2)c2cnc3ccccc3c2)cc1. The number of rotatable bonds is 8. The molecule has 156 valence electrons. The Hall–Kier alpha value is -3.10. The minimum atomic E-state index is 0.675. The highest BCUT2D eigenvalue weighted by Crippen LogP contribution is 2.36. The van der Waals surface area contributed by atoms with Crippen LogP contribution in [0.3, 0.4) is 0 Å². The van der Waals surface area contributed by atoms with Crippen molar-refractivity contribution in [3.63, 3.8) is 0 Å². The van der Waals surface area contributed by atoms with E-state index in [1.165, 1.54) is 22.3 Å². The molecular formula is C28H26ClNO. The molecule has 0 fully saturated rings. The third-order valence-electron chi connectivity index (χ3n) is 5.49. The first-order valence-corrected chi connectivity index (χ1v) is 11.2. The standard InChI is InChI=1S/C28H26ClNO/c1-31-25-16-14-21(15-17-25)26(12-7-8-18-29)28(22-9-3-2-4-10-22)24-19-23-11-5-6-13-27(23)30-20-24/h2-6,9-11,13-17,19-20H,7-8,12,18H2,1H3. The zero-order valence-electron chi connectivity index (χ0n) is 17.7. The number of pyridine rings is 1. The van der Waals surface area contributed by atoms with Crippen LogP contribution in [-0.2, 0) is 0 Å². The molecular weight excluding hydrogens is 402 g/mol. The Kier molecular flexibility index (Phi) is 7.01. The van der Waals surface area contributed by atoms with E-state index in [9.17, 15) is 0 Å². The molecule has 0 radical (unpaired) electrons. The molecule has 4 aromatic rings. The number of aromatic nitrogens is 1. The molecule has 4 rings (SSSR count). The lowest BCUT2D eigenvalue weighted by Gasteiger charge is -2.18. The maximum atomic E-state index is 6.01. The van der Waals surface area contributed by atoms with Gasteiger partial charge in [0.2, 0.25) is 0 Å². The van der Waals surface area contributed by atoms with Crippen molar-refractivity contribution >= 4 is 33.7 Å². The van der Waals surface area contributed by atoms with Gasteiger partial charge in [0.15, 0.2) is 0 Å². The number of para-hydroxylation sites is 1. The van der Waals surface area contributed by atoms with E-state index in [4.69, 9.17) is 21.3 Å². The fraction of sp³-hybridized carbons (Fsp3) is 0.179. The number of nitrogens with zero attached hydrogens (tertiary/aromatic N) is 1. The fourth-order valence-corrected chi connectivity index (χ4v) is 4.12. The van der Waals surface area contributed by atoms with Gasteiger partial charge in [-0.15, -0.1) is 11.6 Å². The Morgan fingerprint density at radius 1 is 0.806 bits per heavy atom. The number of halogens is 1. The van der Waals surface area contributed by atoms with Crippen molar-refractivity contribution in [3.05, 3.63) is 108 Å². The monoisotopic (exact) mass is 427 g/mol. The predicted molar refractivity (Wildman–Crippen MR) is 132 cm³/mol. The van der Waals surface area contributed by atoms with E-state index in [0.29, 0.717) is 5.88 Å². The number of allylic oxidation sites excluding steroid dienone is 1. The first kappa shape index (κ1) is 21.1. The number of fused-ring (bicyclic) bond motifs is 1. The molecule has 0 amide bonds. The van der Waals surface area contributed by atoms with Gasteiger partial charge in [-0.05, 0) is 65.8 Å². The molecule has 0 aliphatic rings. The lowest BCUT2D eigenvalue weighted by atomic mass is 9.87. The maximum absolute atomic E-state index is 6.01. The quantitative estimate of drug-likeness (QED) is 0.164. The van der Waals surface area contributed by atoms with Gasteiger partial charge in [0.25, 0.3) is 0 Å². The van der Waals surface area contributed by atoms with E-state index < -0.39 is 0 Å². The van der Waals surface area contributed by atoms with Crippen LogP contribution in [-0.4, -0.2) is 18.0 Å². The summed E-state index contributed by atoms with van der Waals surface area (Å²) in [7, 11) is 1.70. The normalized spacial score (nSPS) is 11.9. The molecule has 1 heterocycles. The van der Waals surface area contributed by atoms with Crippen LogP contribution in [0.25, 0.3) is 22.0 Å². The summed E-state index contributed by atoms with van der Waals surface area (Å²) in [6.45, 7) is 0. The molecule has 1 aromatic heterocycles. The summed E-state index contributed by atoms with van der Waals surface area (Å²) in [5.74, 6) is 1.53. The average molecular weight is 428 g/mol. The summed E-state index contributed by atoms with van der Waals surface area (Å²) >= 11 is 6.01. The first-order chi connectivity index (χ1) is 15.3. The number of benzene rings is 3. The molecule has 0 aliphatic carbocycles. The second-order valence-electron chi connectivity index (χ2n) is 7.51. The number of alkyl halides is 1. The highest BCUT2D eigenvalue weighted by molar-refractivity contribution is 6.17. The average Bonchev–Trinajstić information content (AvgIpc) is 2.84. The Bertz CT molecular complexity index is 1170.